The number of rotatable bonds is 4. The van der Waals surface area contributed by atoms with Crippen LogP contribution in [0.4, 0.5) is 0 Å². The van der Waals surface area contributed by atoms with E-state index >= 15 is 0 Å². The molecule has 2 aromatic carbocycles. The van der Waals surface area contributed by atoms with Crippen molar-refractivity contribution < 1.29 is 14.1 Å². The van der Waals surface area contributed by atoms with Crippen molar-refractivity contribution in [2.45, 2.75) is 38.1 Å². The number of carbonyl (C=O) groups excluding carboxylic acids is 2. The normalized spacial score (nSPS) is 20.6. The van der Waals surface area contributed by atoms with Crippen molar-refractivity contribution >= 4 is 22.7 Å². The second-order valence-corrected chi connectivity index (χ2v) is 9.63. The fraction of sp³-hybridized carbons (Fsp3) is 0.370. The van der Waals surface area contributed by atoms with Crippen LogP contribution in [0.15, 0.2) is 59.3 Å². The summed E-state index contributed by atoms with van der Waals surface area (Å²) in [5, 5.41) is 12.0. The predicted octanol–water partition coefficient (Wildman–Crippen LogP) is 4.22. The number of aromatic nitrogens is 4. The second-order valence-electron chi connectivity index (χ2n) is 9.63. The molecule has 0 aliphatic carbocycles. The van der Waals surface area contributed by atoms with Gasteiger partial charge in [-0.05, 0) is 50.3 Å². The van der Waals surface area contributed by atoms with Gasteiger partial charge in [0.2, 0.25) is 17.6 Å². The van der Waals surface area contributed by atoms with E-state index in [9.17, 15) is 9.59 Å². The number of aromatic amines is 1. The molecular weight excluding hydrogens is 456 g/mol. The first kappa shape index (κ1) is 22.5. The molecule has 0 radical (unpaired) electrons. The zero-order valence-electron chi connectivity index (χ0n) is 20.0. The van der Waals surface area contributed by atoms with Gasteiger partial charge in [-0.2, -0.15) is 10.1 Å². The molecule has 2 aliphatic heterocycles. The van der Waals surface area contributed by atoms with Crippen LogP contribution in [0.3, 0.4) is 0 Å². The van der Waals surface area contributed by atoms with Gasteiger partial charge in [0, 0.05) is 36.1 Å². The third-order valence-electron chi connectivity index (χ3n) is 7.29. The molecule has 9 nitrogen and oxygen atoms in total. The van der Waals surface area contributed by atoms with E-state index in [0.717, 1.165) is 48.6 Å². The van der Waals surface area contributed by atoms with Crippen LogP contribution < -0.4 is 0 Å². The lowest BCUT2D eigenvalue weighted by Crippen LogP contribution is -2.48. The number of hydrogen-bond donors (Lipinski definition) is 1. The van der Waals surface area contributed by atoms with Crippen molar-refractivity contribution in [3.63, 3.8) is 0 Å². The van der Waals surface area contributed by atoms with E-state index < -0.39 is 0 Å². The molecule has 184 valence electrons. The zero-order valence-corrected chi connectivity index (χ0v) is 20.0. The lowest BCUT2D eigenvalue weighted by Gasteiger charge is -2.39. The molecule has 6 rings (SSSR count). The summed E-state index contributed by atoms with van der Waals surface area (Å²) in [6, 6.07) is 15.0. The maximum Gasteiger partial charge on any atom is 0.253 e. The Morgan fingerprint density at radius 2 is 1.89 bits per heavy atom. The molecule has 4 aromatic rings. The number of likely N-dealkylation sites (tertiary alicyclic amines) is 2. The van der Waals surface area contributed by atoms with E-state index in [2.05, 4.69) is 20.3 Å². The Hall–Kier alpha value is -4.01. The summed E-state index contributed by atoms with van der Waals surface area (Å²) >= 11 is 0. The van der Waals surface area contributed by atoms with E-state index in [-0.39, 0.29) is 23.8 Å². The molecule has 1 N–H and O–H groups in total. The van der Waals surface area contributed by atoms with Crippen LogP contribution in [0.2, 0.25) is 0 Å². The highest BCUT2D eigenvalue weighted by Crippen LogP contribution is 2.34. The third-order valence-corrected chi connectivity index (χ3v) is 7.29. The molecule has 2 unspecified atom stereocenters. The minimum absolute atomic E-state index is 0.0461. The van der Waals surface area contributed by atoms with Crippen LogP contribution in [-0.4, -0.2) is 61.6 Å². The van der Waals surface area contributed by atoms with Crippen molar-refractivity contribution in [3.8, 4) is 11.4 Å². The maximum atomic E-state index is 13.7. The molecule has 2 atom stereocenters. The number of nitrogens with zero attached hydrogens (tertiary/aromatic N) is 5. The van der Waals surface area contributed by atoms with Crippen molar-refractivity contribution in [2.75, 3.05) is 19.6 Å². The first-order chi connectivity index (χ1) is 17.7. The average Bonchev–Trinajstić information content (AvgIpc) is 3.62. The van der Waals surface area contributed by atoms with Crippen molar-refractivity contribution in [1.82, 2.24) is 30.1 Å². The Kier molecular flexibility index (Phi) is 5.96. The van der Waals surface area contributed by atoms with Gasteiger partial charge < -0.3 is 14.3 Å². The SMILES string of the molecule is O=C(c1ccc2[nH]ncc2c1)N1CCCC(C(=O)N2CCCCC2c2nc(-c3ccccc3)no2)C1. The number of amides is 2. The van der Waals surface area contributed by atoms with Gasteiger partial charge in [-0.3, -0.25) is 14.7 Å². The van der Waals surface area contributed by atoms with Gasteiger partial charge in [-0.25, -0.2) is 0 Å². The van der Waals surface area contributed by atoms with Gasteiger partial charge in [-0.15, -0.1) is 0 Å². The molecule has 2 fully saturated rings. The second kappa shape index (κ2) is 9.56. The van der Waals surface area contributed by atoms with Crippen LogP contribution in [0.5, 0.6) is 0 Å². The largest absolute Gasteiger partial charge is 0.338 e. The highest BCUT2D eigenvalue weighted by molar-refractivity contribution is 5.98. The molecule has 2 aromatic heterocycles. The number of nitrogens with one attached hydrogen (secondary N) is 1. The number of carbonyl (C=O) groups is 2. The summed E-state index contributed by atoms with van der Waals surface area (Å²) in [4.78, 5) is 35.4. The van der Waals surface area contributed by atoms with Gasteiger partial charge in [-0.1, -0.05) is 35.5 Å². The summed E-state index contributed by atoms with van der Waals surface area (Å²) in [5.41, 5.74) is 2.40. The Morgan fingerprint density at radius 3 is 2.78 bits per heavy atom. The van der Waals surface area contributed by atoms with Gasteiger partial charge in [0.25, 0.3) is 5.91 Å². The van der Waals surface area contributed by atoms with E-state index in [1.807, 2.05) is 58.3 Å². The van der Waals surface area contributed by atoms with Crippen LogP contribution in [0.1, 0.15) is 54.4 Å². The molecule has 4 heterocycles. The first-order valence-electron chi connectivity index (χ1n) is 12.6. The van der Waals surface area contributed by atoms with E-state index in [1.54, 1.807) is 6.20 Å². The molecule has 0 saturated carbocycles. The summed E-state index contributed by atoms with van der Waals surface area (Å²) in [6.07, 6.45) is 6.03. The number of fused-ring (bicyclic) bond motifs is 1. The zero-order chi connectivity index (χ0) is 24.5. The molecule has 2 aliphatic rings. The topological polar surface area (TPSA) is 108 Å². The Labute approximate surface area is 208 Å². The van der Waals surface area contributed by atoms with Crippen molar-refractivity contribution in [3.05, 3.63) is 66.2 Å². The van der Waals surface area contributed by atoms with Crippen LogP contribution >= 0.6 is 0 Å². The fourth-order valence-electron chi connectivity index (χ4n) is 5.38. The molecule has 9 heteroatoms. The van der Waals surface area contributed by atoms with E-state index in [1.165, 1.54) is 0 Å². The lowest BCUT2D eigenvalue weighted by atomic mass is 9.93. The fourth-order valence-corrected chi connectivity index (χ4v) is 5.38. The average molecular weight is 485 g/mol. The van der Waals surface area contributed by atoms with Gasteiger partial charge >= 0.3 is 0 Å². The Morgan fingerprint density at radius 1 is 1.00 bits per heavy atom. The van der Waals surface area contributed by atoms with Crippen LogP contribution in [0, 0.1) is 5.92 Å². The summed E-state index contributed by atoms with van der Waals surface area (Å²) in [5.74, 6) is 0.807. The van der Waals surface area contributed by atoms with Crippen LogP contribution in [-0.2, 0) is 4.79 Å². The molecule has 0 spiro atoms. The molecular formula is C27H28N6O3. The number of piperidine rings is 2. The first-order valence-corrected chi connectivity index (χ1v) is 12.6. The van der Waals surface area contributed by atoms with E-state index in [4.69, 9.17) is 4.52 Å². The Bertz CT molecular complexity index is 1380. The standard InChI is InChI=1S/C27H28N6O3/c34-26(19-11-12-22-21(15-19)16-28-30-22)32-13-6-9-20(17-32)27(35)33-14-5-4-10-23(33)25-29-24(31-36-25)18-7-2-1-3-8-18/h1-3,7-8,11-12,15-16,20,23H,4-6,9-10,13-14,17H2,(H,28,30). The third kappa shape index (κ3) is 4.25. The lowest BCUT2D eigenvalue weighted by molar-refractivity contribution is -0.141. The van der Waals surface area contributed by atoms with Crippen molar-refractivity contribution in [2.24, 2.45) is 5.92 Å². The quantitative estimate of drug-likeness (QED) is 0.465. The molecule has 2 saturated heterocycles. The number of H-pyrrole nitrogens is 1. The minimum atomic E-state index is -0.238. The van der Waals surface area contributed by atoms with Gasteiger partial charge in [0.1, 0.15) is 6.04 Å². The predicted molar refractivity (Wildman–Crippen MR) is 133 cm³/mol. The highest BCUT2D eigenvalue weighted by Gasteiger charge is 2.38. The van der Waals surface area contributed by atoms with Gasteiger partial charge in [0.15, 0.2) is 0 Å². The van der Waals surface area contributed by atoms with E-state index in [0.29, 0.717) is 36.9 Å². The molecule has 0 bridgehead atoms. The summed E-state index contributed by atoms with van der Waals surface area (Å²) in [6.45, 7) is 1.73. The molecule has 36 heavy (non-hydrogen) atoms. The maximum absolute atomic E-state index is 13.7. The van der Waals surface area contributed by atoms with Gasteiger partial charge in [0.05, 0.1) is 17.6 Å². The number of hydrogen-bond acceptors (Lipinski definition) is 6. The summed E-state index contributed by atoms with van der Waals surface area (Å²) in [7, 11) is 0. The monoisotopic (exact) mass is 484 g/mol. The Balaban J connectivity index is 1.18. The number of benzene rings is 2. The smallest absolute Gasteiger partial charge is 0.253 e. The van der Waals surface area contributed by atoms with Crippen molar-refractivity contribution in [1.29, 1.82) is 0 Å². The van der Waals surface area contributed by atoms with Crippen LogP contribution in [0.25, 0.3) is 22.3 Å². The minimum Gasteiger partial charge on any atom is -0.338 e. The highest BCUT2D eigenvalue weighted by atomic mass is 16.5. The molecule has 2 amide bonds. The summed E-state index contributed by atoms with van der Waals surface area (Å²) < 4.78 is 5.64.